The SMILES string of the molecule is CC(=O)N1c2ccc(Br)cc2C(=O)N2CCCCCC21. The second-order valence-electron chi connectivity index (χ2n) is 5.38. The molecule has 2 aliphatic rings. The second kappa shape index (κ2) is 5.20. The van der Waals surface area contributed by atoms with Gasteiger partial charge in [0.1, 0.15) is 6.17 Å². The normalized spacial score (nSPS) is 22.1. The molecule has 1 unspecified atom stereocenters. The minimum Gasteiger partial charge on any atom is -0.318 e. The predicted octanol–water partition coefficient (Wildman–Crippen LogP) is 3.16. The maximum absolute atomic E-state index is 12.7. The molecule has 0 saturated carbocycles. The van der Waals surface area contributed by atoms with Gasteiger partial charge in [-0.1, -0.05) is 22.4 Å². The fourth-order valence-corrected chi connectivity index (χ4v) is 3.54. The Morgan fingerprint density at radius 2 is 2.10 bits per heavy atom. The van der Waals surface area contributed by atoms with Gasteiger partial charge in [0.2, 0.25) is 5.91 Å². The number of benzene rings is 1. The van der Waals surface area contributed by atoms with Crippen molar-refractivity contribution in [3.8, 4) is 0 Å². The summed E-state index contributed by atoms with van der Waals surface area (Å²) < 4.78 is 0.862. The van der Waals surface area contributed by atoms with E-state index in [0.29, 0.717) is 5.56 Å². The van der Waals surface area contributed by atoms with Gasteiger partial charge in [-0.2, -0.15) is 0 Å². The quantitative estimate of drug-likeness (QED) is 0.730. The van der Waals surface area contributed by atoms with Gasteiger partial charge in [0.05, 0.1) is 11.3 Å². The third kappa shape index (κ3) is 2.14. The molecule has 2 heterocycles. The molecule has 1 atom stereocenters. The van der Waals surface area contributed by atoms with E-state index in [4.69, 9.17) is 0 Å². The van der Waals surface area contributed by atoms with Gasteiger partial charge in [-0.05, 0) is 37.5 Å². The summed E-state index contributed by atoms with van der Waals surface area (Å²) in [5.41, 5.74) is 1.36. The Kier molecular flexibility index (Phi) is 3.54. The summed E-state index contributed by atoms with van der Waals surface area (Å²) >= 11 is 3.40. The van der Waals surface area contributed by atoms with Crippen LogP contribution in [0.15, 0.2) is 22.7 Å². The molecule has 1 aromatic carbocycles. The summed E-state index contributed by atoms with van der Waals surface area (Å²) in [6.07, 6.45) is 3.94. The summed E-state index contributed by atoms with van der Waals surface area (Å²) in [6, 6.07) is 5.56. The van der Waals surface area contributed by atoms with Gasteiger partial charge in [0.15, 0.2) is 0 Å². The number of hydrogen-bond acceptors (Lipinski definition) is 2. The number of anilines is 1. The predicted molar refractivity (Wildman–Crippen MR) is 80.6 cm³/mol. The van der Waals surface area contributed by atoms with Crippen LogP contribution in [0.4, 0.5) is 5.69 Å². The number of carbonyl (C=O) groups is 2. The molecule has 1 saturated heterocycles. The van der Waals surface area contributed by atoms with Crippen LogP contribution in [0.25, 0.3) is 0 Å². The molecule has 2 aliphatic heterocycles. The lowest BCUT2D eigenvalue weighted by atomic mass is 10.0. The molecule has 1 aromatic rings. The Morgan fingerprint density at radius 1 is 1.30 bits per heavy atom. The molecule has 0 aliphatic carbocycles. The van der Waals surface area contributed by atoms with E-state index in [2.05, 4.69) is 15.9 Å². The molecule has 5 heteroatoms. The molecule has 0 N–H and O–H groups in total. The van der Waals surface area contributed by atoms with Gasteiger partial charge in [-0.3, -0.25) is 14.5 Å². The Hall–Kier alpha value is -1.36. The molecule has 2 amide bonds. The van der Waals surface area contributed by atoms with Crippen LogP contribution < -0.4 is 4.90 Å². The van der Waals surface area contributed by atoms with Crippen LogP contribution in [0.5, 0.6) is 0 Å². The van der Waals surface area contributed by atoms with E-state index < -0.39 is 0 Å². The van der Waals surface area contributed by atoms with Crippen molar-refractivity contribution >= 4 is 33.4 Å². The van der Waals surface area contributed by atoms with Crippen LogP contribution in [-0.4, -0.2) is 29.4 Å². The third-order valence-electron chi connectivity index (χ3n) is 4.07. The zero-order chi connectivity index (χ0) is 14.3. The molecule has 3 rings (SSSR count). The number of amides is 2. The highest BCUT2D eigenvalue weighted by Crippen LogP contribution is 2.36. The van der Waals surface area contributed by atoms with Crippen molar-refractivity contribution in [1.82, 2.24) is 4.90 Å². The maximum atomic E-state index is 12.7. The van der Waals surface area contributed by atoms with Gasteiger partial charge >= 0.3 is 0 Å². The van der Waals surface area contributed by atoms with Crippen LogP contribution in [0.2, 0.25) is 0 Å². The van der Waals surface area contributed by atoms with E-state index >= 15 is 0 Å². The van der Waals surface area contributed by atoms with E-state index in [-0.39, 0.29) is 18.0 Å². The lowest BCUT2D eigenvalue weighted by Crippen LogP contribution is -2.56. The highest BCUT2D eigenvalue weighted by Gasteiger charge is 2.39. The minimum atomic E-state index is -0.115. The first-order chi connectivity index (χ1) is 9.59. The smallest absolute Gasteiger partial charge is 0.257 e. The van der Waals surface area contributed by atoms with Gasteiger partial charge in [0.25, 0.3) is 5.91 Å². The number of hydrogen-bond donors (Lipinski definition) is 0. The van der Waals surface area contributed by atoms with E-state index in [1.807, 2.05) is 23.1 Å². The van der Waals surface area contributed by atoms with Crippen molar-refractivity contribution in [3.63, 3.8) is 0 Å². The van der Waals surface area contributed by atoms with Gasteiger partial charge in [-0.25, -0.2) is 0 Å². The molecule has 0 spiro atoms. The molecule has 0 radical (unpaired) electrons. The summed E-state index contributed by atoms with van der Waals surface area (Å²) in [5.74, 6) is 0.0451. The number of halogens is 1. The van der Waals surface area contributed by atoms with Crippen LogP contribution in [-0.2, 0) is 4.79 Å². The van der Waals surface area contributed by atoms with Crippen LogP contribution >= 0.6 is 15.9 Å². The number of rotatable bonds is 0. The highest BCUT2D eigenvalue weighted by atomic mass is 79.9. The van der Waals surface area contributed by atoms with Crippen molar-refractivity contribution in [2.24, 2.45) is 0 Å². The van der Waals surface area contributed by atoms with Gasteiger partial charge < -0.3 is 4.90 Å². The van der Waals surface area contributed by atoms with Crippen molar-refractivity contribution in [1.29, 1.82) is 0 Å². The van der Waals surface area contributed by atoms with Gasteiger partial charge in [-0.15, -0.1) is 0 Å². The van der Waals surface area contributed by atoms with Crippen LogP contribution in [0.1, 0.15) is 43.0 Å². The van der Waals surface area contributed by atoms with Crippen molar-refractivity contribution in [3.05, 3.63) is 28.2 Å². The Balaban J connectivity index is 2.14. The lowest BCUT2D eigenvalue weighted by molar-refractivity contribution is -0.117. The van der Waals surface area contributed by atoms with Crippen molar-refractivity contribution in [2.45, 2.75) is 38.8 Å². The van der Waals surface area contributed by atoms with Crippen molar-refractivity contribution < 1.29 is 9.59 Å². The maximum Gasteiger partial charge on any atom is 0.257 e. The standard InChI is InChI=1S/C15H17BrN2O2/c1-10(19)18-13-7-6-11(16)9-12(13)15(20)17-8-4-2-3-5-14(17)18/h6-7,9,14H,2-5,8H2,1H3. The first-order valence-corrected chi connectivity index (χ1v) is 7.79. The average molecular weight is 337 g/mol. The monoisotopic (exact) mass is 336 g/mol. The zero-order valence-electron chi connectivity index (χ0n) is 11.4. The summed E-state index contributed by atoms with van der Waals surface area (Å²) in [7, 11) is 0. The van der Waals surface area contributed by atoms with Gasteiger partial charge in [0, 0.05) is 17.9 Å². The highest BCUT2D eigenvalue weighted by molar-refractivity contribution is 9.10. The molecular formula is C15H17BrN2O2. The zero-order valence-corrected chi connectivity index (χ0v) is 13.0. The first-order valence-electron chi connectivity index (χ1n) is 7.00. The van der Waals surface area contributed by atoms with Crippen LogP contribution in [0.3, 0.4) is 0 Å². The third-order valence-corrected chi connectivity index (χ3v) is 4.56. The molecule has 0 aromatic heterocycles. The Morgan fingerprint density at radius 3 is 2.85 bits per heavy atom. The van der Waals surface area contributed by atoms with E-state index in [0.717, 1.165) is 42.4 Å². The summed E-state index contributed by atoms with van der Waals surface area (Å²) in [4.78, 5) is 28.4. The molecule has 106 valence electrons. The molecular weight excluding hydrogens is 320 g/mol. The molecule has 4 nitrogen and oxygen atoms in total. The Bertz CT molecular complexity index is 573. The minimum absolute atomic E-state index is 0.00188. The van der Waals surface area contributed by atoms with E-state index in [1.165, 1.54) is 0 Å². The largest absolute Gasteiger partial charge is 0.318 e. The van der Waals surface area contributed by atoms with Crippen molar-refractivity contribution in [2.75, 3.05) is 11.4 Å². The van der Waals surface area contributed by atoms with Crippen LogP contribution in [0, 0.1) is 0 Å². The van der Waals surface area contributed by atoms with E-state index in [1.54, 1.807) is 11.8 Å². The molecule has 0 bridgehead atoms. The summed E-state index contributed by atoms with van der Waals surface area (Å²) in [6.45, 7) is 2.31. The fourth-order valence-electron chi connectivity index (χ4n) is 3.18. The Labute approximate surface area is 126 Å². The second-order valence-corrected chi connectivity index (χ2v) is 6.29. The lowest BCUT2D eigenvalue weighted by Gasteiger charge is -2.43. The number of fused-ring (bicyclic) bond motifs is 2. The average Bonchev–Trinajstić information content (AvgIpc) is 2.65. The van der Waals surface area contributed by atoms with E-state index in [9.17, 15) is 9.59 Å². The fraction of sp³-hybridized carbons (Fsp3) is 0.467. The molecule has 20 heavy (non-hydrogen) atoms. The number of nitrogens with zero attached hydrogens (tertiary/aromatic N) is 2. The number of carbonyl (C=O) groups excluding carboxylic acids is 2. The molecule has 1 fully saturated rings. The first kappa shape index (κ1) is 13.6. The summed E-state index contributed by atoms with van der Waals surface area (Å²) in [5, 5.41) is 0. The topological polar surface area (TPSA) is 40.6 Å².